The van der Waals surface area contributed by atoms with E-state index in [1.54, 1.807) is 0 Å². The molecular weight excluding hydrogens is 302 g/mol. The lowest BCUT2D eigenvalue weighted by molar-refractivity contribution is 0.0692. The minimum atomic E-state index is -3.98. The number of carboxylic acids is 1. The van der Waals surface area contributed by atoms with Crippen molar-refractivity contribution in [2.45, 2.75) is 17.9 Å². The van der Waals surface area contributed by atoms with Crippen LogP contribution in [0.15, 0.2) is 17.0 Å². The summed E-state index contributed by atoms with van der Waals surface area (Å²) >= 11 is 0. The first kappa shape index (κ1) is 17.2. The second-order valence-corrected chi connectivity index (χ2v) is 5.98. The molecule has 0 saturated heterocycles. The van der Waals surface area contributed by atoms with Crippen molar-refractivity contribution < 1.29 is 32.9 Å². The molecule has 3 N–H and O–H groups in total. The molecule has 1 unspecified atom stereocenters. The maximum Gasteiger partial charge on any atom is 0.339 e. The summed E-state index contributed by atoms with van der Waals surface area (Å²) in [7, 11) is -1.46. The molecule has 0 heterocycles. The van der Waals surface area contributed by atoms with Crippen LogP contribution >= 0.6 is 0 Å². The van der Waals surface area contributed by atoms with Crippen LogP contribution in [0.25, 0.3) is 0 Å². The van der Waals surface area contributed by atoms with Gasteiger partial charge in [-0.05, 0) is 13.0 Å². The predicted molar refractivity (Wildman–Crippen MR) is 73.4 cm³/mol. The fraction of sp³-hybridized carbons (Fsp3) is 0.417. The summed E-state index contributed by atoms with van der Waals surface area (Å²) in [4.78, 5) is 10.9. The fourth-order valence-electron chi connectivity index (χ4n) is 1.57. The van der Waals surface area contributed by atoms with Crippen molar-refractivity contribution in [2.24, 2.45) is 0 Å². The SMILES string of the molecule is COc1cc(S(=O)(=O)NCC(C)O)cc(C(=O)O)c1OC. The zero-order valence-electron chi connectivity index (χ0n) is 11.8. The van der Waals surface area contributed by atoms with Crippen molar-refractivity contribution in [3.8, 4) is 11.5 Å². The molecule has 0 spiro atoms. The van der Waals surface area contributed by atoms with Crippen LogP contribution < -0.4 is 14.2 Å². The summed E-state index contributed by atoms with van der Waals surface area (Å²) in [6, 6.07) is 2.11. The molecule has 1 aromatic carbocycles. The average molecular weight is 319 g/mol. The molecule has 0 radical (unpaired) electrons. The van der Waals surface area contributed by atoms with Gasteiger partial charge in [0.25, 0.3) is 0 Å². The number of rotatable bonds is 7. The van der Waals surface area contributed by atoms with Crippen LogP contribution in [0.5, 0.6) is 11.5 Å². The number of ether oxygens (including phenoxy) is 2. The first-order valence-corrected chi connectivity index (χ1v) is 7.38. The van der Waals surface area contributed by atoms with E-state index in [0.717, 1.165) is 12.1 Å². The lowest BCUT2D eigenvalue weighted by atomic mass is 10.2. The highest BCUT2D eigenvalue weighted by Gasteiger charge is 2.23. The van der Waals surface area contributed by atoms with Gasteiger partial charge in [0, 0.05) is 12.6 Å². The van der Waals surface area contributed by atoms with Gasteiger partial charge in [-0.1, -0.05) is 0 Å². The monoisotopic (exact) mass is 319 g/mol. The predicted octanol–water partition coefficient (Wildman–Crippen LogP) is 0.0611. The number of benzene rings is 1. The zero-order valence-corrected chi connectivity index (χ0v) is 12.6. The maximum absolute atomic E-state index is 12.1. The summed E-state index contributed by atoms with van der Waals surface area (Å²) in [5.41, 5.74) is -0.339. The van der Waals surface area contributed by atoms with Gasteiger partial charge < -0.3 is 19.7 Å². The maximum atomic E-state index is 12.1. The first-order chi connectivity index (χ1) is 9.72. The van der Waals surface area contributed by atoms with E-state index in [-0.39, 0.29) is 28.5 Å². The summed E-state index contributed by atoms with van der Waals surface area (Å²) in [6.45, 7) is 1.22. The van der Waals surface area contributed by atoms with Crippen molar-refractivity contribution in [3.63, 3.8) is 0 Å². The Morgan fingerprint density at radius 2 is 1.95 bits per heavy atom. The Labute approximate surface area is 122 Å². The van der Waals surface area contributed by atoms with Gasteiger partial charge in [0.1, 0.15) is 5.56 Å². The molecule has 0 aliphatic rings. The Morgan fingerprint density at radius 1 is 1.33 bits per heavy atom. The first-order valence-electron chi connectivity index (χ1n) is 5.90. The minimum absolute atomic E-state index is 0.0187. The van der Waals surface area contributed by atoms with Crippen molar-refractivity contribution in [1.29, 1.82) is 0 Å². The molecule has 0 fully saturated rings. The molecular formula is C12H17NO7S. The third kappa shape index (κ3) is 4.06. The van der Waals surface area contributed by atoms with E-state index in [4.69, 9.17) is 19.7 Å². The van der Waals surface area contributed by atoms with Crippen LogP contribution in [-0.4, -0.2) is 51.5 Å². The number of hydrogen-bond acceptors (Lipinski definition) is 6. The number of aromatic carboxylic acids is 1. The third-order valence-electron chi connectivity index (χ3n) is 2.56. The van der Waals surface area contributed by atoms with Gasteiger partial charge in [-0.2, -0.15) is 0 Å². The zero-order chi connectivity index (χ0) is 16.2. The standard InChI is InChI=1S/C12H17NO7S/c1-7(14)6-13-21(17,18)8-4-9(12(15)16)11(20-3)10(5-8)19-2/h4-5,7,13-14H,6H2,1-3H3,(H,15,16). The minimum Gasteiger partial charge on any atom is -0.493 e. The summed E-state index contributed by atoms with van der Waals surface area (Å²) in [5, 5.41) is 18.3. The van der Waals surface area contributed by atoms with Crippen molar-refractivity contribution in [1.82, 2.24) is 4.72 Å². The van der Waals surface area contributed by atoms with Gasteiger partial charge in [-0.15, -0.1) is 0 Å². The number of aliphatic hydroxyl groups excluding tert-OH is 1. The average Bonchev–Trinajstić information content (AvgIpc) is 2.43. The van der Waals surface area contributed by atoms with Gasteiger partial charge in [-0.25, -0.2) is 17.9 Å². The Hall–Kier alpha value is -1.84. The normalized spacial score (nSPS) is 12.8. The quantitative estimate of drug-likeness (QED) is 0.649. The molecule has 21 heavy (non-hydrogen) atoms. The summed E-state index contributed by atoms with van der Waals surface area (Å²) in [6.07, 6.45) is -0.876. The van der Waals surface area contributed by atoms with E-state index in [2.05, 4.69) is 4.72 Å². The van der Waals surface area contributed by atoms with Crippen LogP contribution in [0.4, 0.5) is 0 Å². The van der Waals surface area contributed by atoms with E-state index in [1.165, 1.54) is 21.1 Å². The molecule has 1 atom stereocenters. The van der Waals surface area contributed by atoms with Gasteiger partial charge in [0.2, 0.25) is 10.0 Å². The van der Waals surface area contributed by atoms with Crippen LogP contribution in [-0.2, 0) is 10.0 Å². The molecule has 0 bridgehead atoms. The second-order valence-electron chi connectivity index (χ2n) is 4.21. The van der Waals surface area contributed by atoms with E-state index in [9.17, 15) is 13.2 Å². The highest BCUT2D eigenvalue weighted by molar-refractivity contribution is 7.89. The van der Waals surface area contributed by atoms with Crippen LogP contribution in [0.2, 0.25) is 0 Å². The highest BCUT2D eigenvalue weighted by Crippen LogP contribution is 2.34. The fourth-order valence-corrected chi connectivity index (χ4v) is 2.73. The molecule has 1 rings (SSSR count). The number of carboxylic acid groups (broad SMARTS) is 1. The van der Waals surface area contributed by atoms with Gasteiger partial charge in [0.15, 0.2) is 11.5 Å². The Balaban J connectivity index is 3.38. The molecule has 9 heteroatoms. The van der Waals surface area contributed by atoms with Crippen molar-refractivity contribution in [2.75, 3.05) is 20.8 Å². The molecule has 8 nitrogen and oxygen atoms in total. The van der Waals surface area contributed by atoms with E-state index < -0.39 is 22.1 Å². The highest BCUT2D eigenvalue weighted by atomic mass is 32.2. The lowest BCUT2D eigenvalue weighted by Gasteiger charge is -2.14. The number of methoxy groups -OCH3 is 2. The van der Waals surface area contributed by atoms with Gasteiger partial charge in [-0.3, -0.25) is 0 Å². The summed E-state index contributed by atoms with van der Waals surface area (Å²) < 4.78 is 36.2. The van der Waals surface area contributed by atoms with E-state index >= 15 is 0 Å². The van der Waals surface area contributed by atoms with Crippen LogP contribution in [0.3, 0.4) is 0 Å². The molecule has 0 saturated carbocycles. The summed E-state index contributed by atoms with van der Waals surface area (Å²) in [5.74, 6) is -1.44. The van der Waals surface area contributed by atoms with E-state index in [1.807, 2.05) is 0 Å². The molecule has 1 aromatic rings. The molecule has 0 aromatic heterocycles. The van der Waals surface area contributed by atoms with E-state index in [0.29, 0.717) is 0 Å². The molecule has 0 aliphatic carbocycles. The Kier molecular flexibility index (Phi) is 5.53. The van der Waals surface area contributed by atoms with Crippen molar-refractivity contribution in [3.05, 3.63) is 17.7 Å². The molecule has 0 aliphatic heterocycles. The van der Waals surface area contributed by atoms with Crippen LogP contribution in [0, 0.1) is 0 Å². The van der Waals surface area contributed by atoms with Crippen molar-refractivity contribution >= 4 is 16.0 Å². The van der Waals surface area contributed by atoms with Gasteiger partial charge >= 0.3 is 5.97 Å². The second kappa shape index (κ2) is 6.74. The number of hydrogen-bond donors (Lipinski definition) is 3. The lowest BCUT2D eigenvalue weighted by Crippen LogP contribution is -2.30. The molecule has 118 valence electrons. The number of sulfonamides is 1. The Morgan fingerprint density at radius 3 is 2.38 bits per heavy atom. The number of nitrogens with one attached hydrogen (secondary N) is 1. The largest absolute Gasteiger partial charge is 0.493 e. The topological polar surface area (TPSA) is 122 Å². The Bertz CT molecular complexity index is 625. The van der Waals surface area contributed by atoms with Crippen LogP contribution in [0.1, 0.15) is 17.3 Å². The number of carbonyl (C=O) groups is 1. The van der Waals surface area contributed by atoms with Gasteiger partial charge in [0.05, 0.1) is 25.2 Å². The smallest absolute Gasteiger partial charge is 0.339 e. The number of aliphatic hydroxyl groups is 1. The molecule has 0 amide bonds. The third-order valence-corrected chi connectivity index (χ3v) is 3.96.